The van der Waals surface area contributed by atoms with Crippen molar-refractivity contribution < 1.29 is 13.7 Å². The third-order valence-electron chi connectivity index (χ3n) is 3.22. The SMILES string of the molecule is CCC(NCCCS(C)=O)c1ccc(OC)c(OC)c1. The molecule has 1 N–H and O–H groups in total. The molecule has 0 aliphatic carbocycles. The Hall–Kier alpha value is -1.07. The van der Waals surface area contributed by atoms with Gasteiger partial charge in [0.25, 0.3) is 0 Å². The zero-order valence-electron chi connectivity index (χ0n) is 12.8. The van der Waals surface area contributed by atoms with Crippen LogP contribution in [0.25, 0.3) is 0 Å². The number of methoxy groups -OCH3 is 2. The first kappa shape index (κ1) is 17.0. The normalized spacial score (nSPS) is 13.8. The highest BCUT2D eigenvalue weighted by molar-refractivity contribution is 7.84. The van der Waals surface area contributed by atoms with E-state index in [1.165, 1.54) is 5.56 Å². The summed E-state index contributed by atoms with van der Waals surface area (Å²) in [6, 6.07) is 6.28. The maximum Gasteiger partial charge on any atom is 0.161 e. The molecule has 114 valence electrons. The van der Waals surface area contributed by atoms with E-state index in [9.17, 15) is 4.21 Å². The summed E-state index contributed by atoms with van der Waals surface area (Å²) >= 11 is 0. The van der Waals surface area contributed by atoms with E-state index in [1.54, 1.807) is 20.5 Å². The Morgan fingerprint density at radius 3 is 2.50 bits per heavy atom. The number of rotatable bonds is 9. The van der Waals surface area contributed by atoms with Gasteiger partial charge in [0, 0.05) is 28.9 Å². The van der Waals surface area contributed by atoms with Crippen LogP contribution in [0.4, 0.5) is 0 Å². The Labute approximate surface area is 124 Å². The van der Waals surface area contributed by atoms with Crippen LogP contribution in [0.15, 0.2) is 18.2 Å². The lowest BCUT2D eigenvalue weighted by Gasteiger charge is -2.19. The van der Waals surface area contributed by atoms with E-state index in [4.69, 9.17) is 9.47 Å². The summed E-state index contributed by atoms with van der Waals surface area (Å²) in [6.45, 7) is 3.01. The number of hydrogen-bond acceptors (Lipinski definition) is 4. The van der Waals surface area contributed by atoms with Crippen molar-refractivity contribution in [3.8, 4) is 11.5 Å². The zero-order valence-corrected chi connectivity index (χ0v) is 13.6. The maximum atomic E-state index is 11.0. The van der Waals surface area contributed by atoms with E-state index >= 15 is 0 Å². The largest absolute Gasteiger partial charge is 0.493 e. The van der Waals surface area contributed by atoms with Gasteiger partial charge in [-0.1, -0.05) is 13.0 Å². The molecule has 0 aromatic heterocycles. The van der Waals surface area contributed by atoms with Gasteiger partial charge in [-0.2, -0.15) is 0 Å². The predicted octanol–water partition coefficient (Wildman–Crippen LogP) is 2.51. The summed E-state index contributed by atoms with van der Waals surface area (Å²) in [7, 11) is 2.57. The summed E-state index contributed by atoms with van der Waals surface area (Å²) in [4.78, 5) is 0. The second-order valence-electron chi connectivity index (χ2n) is 4.66. The molecule has 4 nitrogen and oxygen atoms in total. The number of ether oxygens (including phenoxy) is 2. The molecule has 0 amide bonds. The average Bonchev–Trinajstić information content (AvgIpc) is 2.46. The second kappa shape index (κ2) is 8.97. The smallest absolute Gasteiger partial charge is 0.161 e. The molecule has 0 aliphatic heterocycles. The zero-order chi connectivity index (χ0) is 15.0. The molecule has 5 heteroatoms. The Kier molecular flexibility index (Phi) is 7.62. The topological polar surface area (TPSA) is 47.6 Å². The first-order valence-electron chi connectivity index (χ1n) is 6.87. The monoisotopic (exact) mass is 299 g/mol. The Balaban J connectivity index is 2.67. The summed E-state index contributed by atoms with van der Waals surface area (Å²) in [5, 5.41) is 3.50. The summed E-state index contributed by atoms with van der Waals surface area (Å²) < 4.78 is 21.6. The molecule has 0 saturated carbocycles. The van der Waals surface area contributed by atoms with Crippen molar-refractivity contribution in [1.29, 1.82) is 0 Å². The van der Waals surface area contributed by atoms with Gasteiger partial charge in [-0.25, -0.2) is 0 Å². The standard InChI is InChI=1S/C15H25NO3S/c1-5-13(16-9-6-10-20(4)17)12-7-8-14(18-2)15(11-12)19-3/h7-8,11,13,16H,5-6,9-10H2,1-4H3. The van der Waals surface area contributed by atoms with Crippen LogP contribution in [0.2, 0.25) is 0 Å². The van der Waals surface area contributed by atoms with Crippen molar-refractivity contribution in [3.05, 3.63) is 23.8 Å². The Bertz CT molecular complexity index is 437. The summed E-state index contributed by atoms with van der Waals surface area (Å²) in [5.74, 6) is 2.24. The number of hydrogen-bond donors (Lipinski definition) is 1. The fraction of sp³-hybridized carbons (Fsp3) is 0.600. The van der Waals surface area contributed by atoms with Crippen LogP contribution in [0.5, 0.6) is 11.5 Å². The van der Waals surface area contributed by atoms with Crippen LogP contribution in [-0.4, -0.2) is 37.0 Å². The molecular weight excluding hydrogens is 274 g/mol. The van der Waals surface area contributed by atoms with Gasteiger partial charge >= 0.3 is 0 Å². The minimum absolute atomic E-state index is 0.278. The quantitative estimate of drug-likeness (QED) is 0.712. The molecule has 1 aromatic rings. The third-order valence-corrected chi connectivity index (χ3v) is 4.08. The molecule has 0 radical (unpaired) electrons. The van der Waals surface area contributed by atoms with E-state index in [1.807, 2.05) is 12.1 Å². The van der Waals surface area contributed by atoms with Gasteiger partial charge in [0.15, 0.2) is 11.5 Å². The molecule has 0 spiro atoms. The molecule has 2 atom stereocenters. The molecule has 0 aliphatic rings. The van der Waals surface area contributed by atoms with Crippen LogP contribution in [0.1, 0.15) is 31.4 Å². The maximum absolute atomic E-state index is 11.0. The Morgan fingerprint density at radius 2 is 1.95 bits per heavy atom. The minimum Gasteiger partial charge on any atom is -0.493 e. The van der Waals surface area contributed by atoms with E-state index in [0.717, 1.165) is 36.6 Å². The van der Waals surface area contributed by atoms with Crippen molar-refractivity contribution in [2.45, 2.75) is 25.8 Å². The van der Waals surface area contributed by atoms with Crippen molar-refractivity contribution in [1.82, 2.24) is 5.32 Å². The van der Waals surface area contributed by atoms with Crippen LogP contribution in [0, 0.1) is 0 Å². The molecule has 0 fully saturated rings. The van der Waals surface area contributed by atoms with Crippen LogP contribution in [0.3, 0.4) is 0 Å². The van der Waals surface area contributed by atoms with E-state index in [-0.39, 0.29) is 6.04 Å². The van der Waals surface area contributed by atoms with Gasteiger partial charge in [-0.05, 0) is 37.1 Å². The van der Waals surface area contributed by atoms with Gasteiger partial charge in [0.1, 0.15) is 0 Å². The van der Waals surface area contributed by atoms with E-state index < -0.39 is 10.8 Å². The van der Waals surface area contributed by atoms with Crippen LogP contribution in [-0.2, 0) is 10.8 Å². The fourth-order valence-corrected chi connectivity index (χ4v) is 2.67. The lowest BCUT2D eigenvalue weighted by molar-refractivity contribution is 0.353. The molecule has 1 rings (SSSR count). The van der Waals surface area contributed by atoms with Crippen molar-refractivity contribution in [3.63, 3.8) is 0 Å². The van der Waals surface area contributed by atoms with Gasteiger partial charge in [-0.3, -0.25) is 4.21 Å². The molecule has 0 saturated heterocycles. The lowest BCUT2D eigenvalue weighted by Crippen LogP contribution is -2.23. The second-order valence-corrected chi connectivity index (χ2v) is 6.21. The molecular formula is C15H25NO3S. The Morgan fingerprint density at radius 1 is 1.25 bits per heavy atom. The fourth-order valence-electron chi connectivity index (χ4n) is 2.12. The molecule has 2 unspecified atom stereocenters. The van der Waals surface area contributed by atoms with Gasteiger partial charge in [0.05, 0.1) is 14.2 Å². The highest BCUT2D eigenvalue weighted by atomic mass is 32.2. The molecule has 0 heterocycles. The molecule has 0 bridgehead atoms. The van der Waals surface area contributed by atoms with Crippen molar-refractivity contribution in [2.75, 3.05) is 32.8 Å². The van der Waals surface area contributed by atoms with Gasteiger partial charge in [-0.15, -0.1) is 0 Å². The van der Waals surface area contributed by atoms with Crippen molar-refractivity contribution in [2.24, 2.45) is 0 Å². The average molecular weight is 299 g/mol. The van der Waals surface area contributed by atoms with E-state index in [2.05, 4.69) is 18.3 Å². The third kappa shape index (κ3) is 5.13. The number of benzene rings is 1. The van der Waals surface area contributed by atoms with Gasteiger partial charge < -0.3 is 14.8 Å². The van der Waals surface area contributed by atoms with Crippen molar-refractivity contribution >= 4 is 10.8 Å². The highest BCUT2D eigenvalue weighted by Crippen LogP contribution is 2.30. The molecule has 20 heavy (non-hydrogen) atoms. The summed E-state index contributed by atoms with van der Waals surface area (Å²) in [5.41, 5.74) is 1.18. The number of nitrogens with one attached hydrogen (secondary N) is 1. The first-order chi connectivity index (χ1) is 9.62. The van der Waals surface area contributed by atoms with Gasteiger partial charge in [0.2, 0.25) is 0 Å². The highest BCUT2D eigenvalue weighted by Gasteiger charge is 2.12. The summed E-state index contributed by atoms with van der Waals surface area (Å²) in [6.07, 6.45) is 3.66. The first-order valence-corrected chi connectivity index (χ1v) is 8.60. The van der Waals surface area contributed by atoms with E-state index in [0.29, 0.717) is 0 Å². The minimum atomic E-state index is -0.713. The lowest BCUT2D eigenvalue weighted by atomic mass is 10.0. The van der Waals surface area contributed by atoms with Crippen LogP contribution < -0.4 is 14.8 Å². The molecule has 1 aromatic carbocycles. The predicted molar refractivity (Wildman–Crippen MR) is 84.1 cm³/mol. The van der Waals surface area contributed by atoms with Crippen LogP contribution >= 0.6 is 0 Å².